The predicted molar refractivity (Wildman–Crippen MR) is 99.6 cm³/mol. The van der Waals surface area contributed by atoms with Crippen molar-refractivity contribution in [3.63, 3.8) is 0 Å². The second-order valence-electron chi connectivity index (χ2n) is 6.59. The minimum atomic E-state index is -0.0986. The van der Waals surface area contributed by atoms with E-state index in [1.807, 2.05) is 30.0 Å². The Kier molecular flexibility index (Phi) is 5.96. The zero-order valence-electron chi connectivity index (χ0n) is 14.5. The van der Waals surface area contributed by atoms with E-state index in [1.165, 1.54) is 0 Å². The summed E-state index contributed by atoms with van der Waals surface area (Å²) in [5.41, 5.74) is 1.83. The van der Waals surface area contributed by atoms with Crippen molar-refractivity contribution in [1.29, 1.82) is 0 Å². The molecule has 25 heavy (non-hydrogen) atoms. The molecule has 0 aliphatic carbocycles. The van der Waals surface area contributed by atoms with Crippen LogP contribution in [0.5, 0.6) is 0 Å². The lowest BCUT2D eigenvalue weighted by Crippen LogP contribution is -2.48. The van der Waals surface area contributed by atoms with E-state index in [2.05, 4.69) is 21.2 Å². The van der Waals surface area contributed by atoms with E-state index in [0.29, 0.717) is 39.4 Å². The van der Waals surface area contributed by atoms with Crippen molar-refractivity contribution in [3.05, 3.63) is 28.2 Å². The summed E-state index contributed by atoms with van der Waals surface area (Å²) in [5.74, 6) is 0.237. The molecule has 2 heterocycles. The lowest BCUT2D eigenvalue weighted by molar-refractivity contribution is -0.140. The van der Waals surface area contributed by atoms with Crippen molar-refractivity contribution in [2.24, 2.45) is 5.92 Å². The van der Waals surface area contributed by atoms with Crippen LogP contribution < -0.4 is 5.32 Å². The summed E-state index contributed by atoms with van der Waals surface area (Å²) >= 11 is 3.43. The summed E-state index contributed by atoms with van der Waals surface area (Å²) in [6.07, 6.45) is 1.45. The number of nitrogens with one attached hydrogen (secondary N) is 1. The van der Waals surface area contributed by atoms with Crippen molar-refractivity contribution in [2.75, 3.05) is 44.7 Å². The van der Waals surface area contributed by atoms with Gasteiger partial charge in [-0.2, -0.15) is 0 Å². The van der Waals surface area contributed by atoms with Gasteiger partial charge in [0.25, 0.3) is 0 Å². The van der Waals surface area contributed by atoms with E-state index in [9.17, 15) is 9.59 Å². The molecular weight excluding hydrogens is 386 g/mol. The lowest BCUT2D eigenvalue weighted by Gasteiger charge is -2.35. The Morgan fingerprint density at radius 1 is 1.12 bits per heavy atom. The predicted octanol–water partition coefficient (Wildman–Crippen LogP) is 2.86. The summed E-state index contributed by atoms with van der Waals surface area (Å²) in [7, 11) is 0. The van der Waals surface area contributed by atoms with Gasteiger partial charge < -0.3 is 19.9 Å². The van der Waals surface area contributed by atoms with Crippen LogP contribution in [0.2, 0.25) is 0 Å². The van der Waals surface area contributed by atoms with Gasteiger partial charge in [0.1, 0.15) is 0 Å². The Balaban J connectivity index is 1.52. The molecule has 2 aliphatic rings. The molecule has 1 aromatic carbocycles. The Morgan fingerprint density at radius 2 is 1.80 bits per heavy atom. The second-order valence-corrected chi connectivity index (χ2v) is 7.50. The molecule has 2 saturated heterocycles. The molecule has 0 atom stereocenters. The molecule has 2 aliphatic heterocycles. The monoisotopic (exact) mass is 409 g/mol. The molecule has 0 unspecified atom stereocenters. The standard InChI is InChI=1S/C18H24BrN3O3/c1-13-2-3-15(19)12-16(13)20-18(24)22-6-4-14(5-7-22)17(23)21-8-10-25-11-9-21/h2-3,12,14H,4-11H2,1H3,(H,20,24). The number of halogens is 1. The topological polar surface area (TPSA) is 61.9 Å². The fourth-order valence-electron chi connectivity index (χ4n) is 3.29. The zero-order chi connectivity index (χ0) is 17.8. The fourth-order valence-corrected chi connectivity index (χ4v) is 3.66. The van der Waals surface area contributed by atoms with E-state index in [-0.39, 0.29) is 17.9 Å². The molecule has 0 radical (unpaired) electrons. The van der Waals surface area contributed by atoms with Gasteiger partial charge >= 0.3 is 6.03 Å². The van der Waals surface area contributed by atoms with Crippen LogP contribution in [-0.2, 0) is 9.53 Å². The number of ether oxygens (including phenoxy) is 1. The van der Waals surface area contributed by atoms with Crippen molar-refractivity contribution in [1.82, 2.24) is 9.80 Å². The molecule has 1 aromatic rings. The van der Waals surface area contributed by atoms with E-state index in [1.54, 1.807) is 4.90 Å². The van der Waals surface area contributed by atoms with Gasteiger partial charge in [-0.05, 0) is 37.5 Å². The number of hydrogen-bond donors (Lipinski definition) is 1. The first-order valence-electron chi connectivity index (χ1n) is 8.73. The maximum Gasteiger partial charge on any atom is 0.321 e. The third-order valence-corrected chi connectivity index (χ3v) is 5.39. The molecule has 3 amide bonds. The average molecular weight is 410 g/mol. The van der Waals surface area contributed by atoms with Crippen LogP contribution >= 0.6 is 15.9 Å². The minimum Gasteiger partial charge on any atom is -0.378 e. The van der Waals surface area contributed by atoms with Crippen molar-refractivity contribution in [3.8, 4) is 0 Å². The van der Waals surface area contributed by atoms with Crippen molar-refractivity contribution >= 4 is 33.6 Å². The fraction of sp³-hybridized carbons (Fsp3) is 0.556. The summed E-state index contributed by atoms with van der Waals surface area (Å²) in [5, 5.41) is 2.97. The van der Waals surface area contributed by atoms with Gasteiger partial charge in [-0.1, -0.05) is 22.0 Å². The number of hydrogen-bond acceptors (Lipinski definition) is 3. The van der Waals surface area contributed by atoms with Crippen molar-refractivity contribution < 1.29 is 14.3 Å². The molecule has 0 aromatic heterocycles. The Bertz CT molecular complexity index is 638. The third kappa shape index (κ3) is 4.52. The molecule has 2 fully saturated rings. The number of likely N-dealkylation sites (tertiary alicyclic amines) is 1. The molecule has 0 saturated carbocycles. The zero-order valence-corrected chi connectivity index (χ0v) is 16.0. The summed E-state index contributed by atoms with van der Waals surface area (Å²) in [4.78, 5) is 28.7. The highest BCUT2D eigenvalue weighted by Gasteiger charge is 2.30. The molecule has 0 spiro atoms. The van der Waals surface area contributed by atoms with Gasteiger partial charge in [-0.25, -0.2) is 4.79 Å². The number of rotatable bonds is 2. The first-order valence-corrected chi connectivity index (χ1v) is 9.52. The Hall–Kier alpha value is -1.60. The van der Waals surface area contributed by atoms with E-state index in [4.69, 9.17) is 4.74 Å². The molecular formula is C18H24BrN3O3. The maximum absolute atomic E-state index is 12.5. The second kappa shape index (κ2) is 8.19. The van der Waals surface area contributed by atoms with Gasteiger partial charge in [0.2, 0.25) is 5.91 Å². The smallest absolute Gasteiger partial charge is 0.321 e. The highest BCUT2D eigenvalue weighted by Crippen LogP contribution is 2.23. The van der Waals surface area contributed by atoms with Gasteiger partial charge in [-0.15, -0.1) is 0 Å². The first kappa shape index (κ1) is 18.2. The summed E-state index contributed by atoms with van der Waals surface area (Å²) in [6.45, 7) is 5.80. The average Bonchev–Trinajstić information content (AvgIpc) is 2.65. The molecule has 7 heteroatoms. The van der Waals surface area contributed by atoms with Crippen LogP contribution in [0.4, 0.5) is 10.5 Å². The number of urea groups is 1. The van der Waals surface area contributed by atoms with Crippen LogP contribution in [-0.4, -0.2) is 61.1 Å². The molecule has 0 bridgehead atoms. The normalized spacial score (nSPS) is 19.0. The Labute approximate surface area is 156 Å². The summed E-state index contributed by atoms with van der Waals surface area (Å²) in [6, 6.07) is 5.72. The highest BCUT2D eigenvalue weighted by molar-refractivity contribution is 9.10. The van der Waals surface area contributed by atoms with Crippen molar-refractivity contribution in [2.45, 2.75) is 19.8 Å². The number of aryl methyl sites for hydroxylation is 1. The number of carbonyl (C=O) groups excluding carboxylic acids is 2. The number of nitrogens with zero attached hydrogens (tertiary/aromatic N) is 2. The number of anilines is 1. The quantitative estimate of drug-likeness (QED) is 0.816. The number of amides is 3. The number of piperidine rings is 1. The summed E-state index contributed by atoms with van der Waals surface area (Å²) < 4.78 is 6.24. The van der Waals surface area contributed by atoms with E-state index < -0.39 is 0 Å². The van der Waals surface area contributed by atoms with Gasteiger partial charge in [-0.3, -0.25) is 4.79 Å². The van der Waals surface area contributed by atoms with Gasteiger partial charge in [0.15, 0.2) is 0 Å². The van der Waals surface area contributed by atoms with E-state index >= 15 is 0 Å². The number of morpholine rings is 1. The highest BCUT2D eigenvalue weighted by atomic mass is 79.9. The molecule has 3 rings (SSSR count). The van der Waals surface area contributed by atoms with Gasteiger partial charge in [0.05, 0.1) is 13.2 Å². The van der Waals surface area contributed by atoms with Gasteiger partial charge in [0, 0.05) is 42.3 Å². The first-order chi connectivity index (χ1) is 12.0. The molecule has 6 nitrogen and oxygen atoms in total. The number of benzene rings is 1. The third-order valence-electron chi connectivity index (χ3n) is 4.90. The maximum atomic E-state index is 12.5. The van der Waals surface area contributed by atoms with Crippen LogP contribution in [0.1, 0.15) is 18.4 Å². The largest absolute Gasteiger partial charge is 0.378 e. The van der Waals surface area contributed by atoms with E-state index in [0.717, 1.165) is 28.6 Å². The molecule has 1 N–H and O–H groups in total. The van der Waals surface area contributed by atoms with Crippen LogP contribution in [0.25, 0.3) is 0 Å². The Morgan fingerprint density at radius 3 is 2.48 bits per heavy atom. The minimum absolute atomic E-state index is 0.0229. The molecule has 136 valence electrons. The SMILES string of the molecule is Cc1ccc(Br)cc1NC(=O)N1CCC(C(=O)N2CCOCC2)CC1. The van der Waals surface area contributed by atoms with Crippen LogP contribution in [0, 0.1) is 12.8 Å². The lowest BCUT2D eigenvalue weighted by atomic mass is 9.95. The van der Waals surface area contributed by atoms with Crippen LogP contribution in [0.3, 0.4) is 0 Å². The number of carbonyl (C=O) groups is 2. The van der Waals surface area contributed by atoms with Crippen LogP contribution in [0.15, 0.2) is 22.7 Å².